The lowest BCUT2D eigenvalue weighted by atomic mass is 10.3. The highest BCUT2D eigenvalue weighted by Gasteiger charge is 2.03. The summed E-state index contributed by atoms with van der Waals surface area (Å²) in [6.07, 6.45) is 3.57. The van der Waals surface area contributed by atoms with Crippen molar-refractivity contribution in [3.63, 3.8) is 0 Å². The first kappa shape index (κ1) is 12.1. The molecular formula is C11H14Br2O. The lowest BCUT2D eigenvalue weighted by molar-refractivity contribution is 0.304. The maximum absolute atomic E-state index is 5.64. The molecule has 0 heterocycles. The average Bonchev–Trinajstić information content (AvgIpc) is 2.19. The largest absolute Gasteiger partial charge is 0.492 e. The van der Waals surface area contributed by atoms with Crippen LogP contribution in [0.2, 0.25) is 0 Å². The molecule has 0 aliphatic rings. The van der Waals surface area contributed by atoms with Crippen molar-refractivity contribution in [2.75, 3.05) is 6.61 Å². The maximum atomic E-state index is 5.64. The lowest BCUT2D eigenvalue weighted by Gasteiger charge is -2.08. The van der Waals surface area contributed by atoms with E-state index in [1.54, 1.807) is 0 Å². The second-order valence-corrected chi connectivity index (χ2v) is 4.75. The normalized spacial score (nSPS) is 10.2. The quantitative estimate of drug-likeness (QED) is 0.709. The SMILES string of the molecule is CCCCCOc1cccc(Br)c1Br. The molecule has 78 valence electrons. The van der Waals surface area contributed by atoms with Crippen LogP contribution in [-0.4, -0.2) is 6.61 Å². The average molecular weight is 322 g/mol. The molecule has 1 rings (SSSR count). The Hall–Kier alpha value is -0.0200. The molecule has 0 aliphatic heterocycles. The van der Waals surface area contributed by atoms with Gasteiger partial charge < -0.3 is 4.74 Å². The van der Waals surface area contributed by atoms with Gasteiger partial charge in [-0.1, -0.05) is 25.8 Å². The Balaban J connectivity index is 2.46. The van der Waals surface area contributed by atoms with Crippen LogP contribution < -0.4 is 4.74 Å². The van der Waals surface area contributed by atoms with Gasteiger partial charge in [0.2, 0.25) is 0 Å². The second-order valence-electron chi connectivity index (χ2n) is 3.11. The first-order valence-corrected chi connectivity index (χ1v) is 6.41. The number of hydrogen-bond acceptors (Lipinski definition) is 1. The third-order valence-electron chi connectivity index (χ3n) is 1.92. The van der Waals surface area contributed by atoms with Crippen molar-refractivity contribution in [3.8, 4) is 5.75 Å². The molecule has 0 spiro atoms. The lowest BCUT2D eigenvalue weighted by Crippen LogP contribution is -1.97. The summed E-state index contributed by atoms with van der Waals surface area (Å²) in [5.74, 6) is 0.912. The van der Waals surface area contributed by atoms with Crippen molar-refractivity contribution in [1.29, 1.82) is 0 Å². The zero-order valence-electron chi connectivity index (χ0n) is 8.22. The molecule has 1 aromatic carbocycles. The molecule has 0 saturated heterocycles. The van der Waals surface area contributed by atoms with Gasteiger partial charge in [0, 0.05) is 4.47 Å². The van der Waals surface area contributed by atoms with Gasteiger partial charge in [-0.2, -0.15) is 0 Å². The Bertz CT molecular complexity index is 287. The molecule has 0 aliphatic carbocycles. The number of benzene rings is 1. The summed E-state index contributed by atoms with van der Waals surface area (Å²) in [6, 6.07) is 5.94. The van der Waals surface area contributed by atoms with Crippen LogP contribution in [0, 0.1) is 0 Å². The molecule has 14 heavy (non-hydrogen) atoms. The molecule has 0 radical (unpaired) electrons. The molecular weight excluding hydrogens is 308 g/mol. The highest BCUT2D eigenvalue weighted by Crippen LogP contribution is 2.32. The van der Waals surface area contributed by atoms with Crippen molar-refractivity contribution in [3.05, 3.63) is 27.1 Å². The van der Waals surface area contributed by atoms with Crippen LogP contribution in [0.3, 0.4) is 0 Å². The van der Waals surface area contributed by atoms with Crippen LogP contribution in [0.1, 0.15) is 26.2 Å². The molecule has 0 bridgehead atoms. The van der Waals surface area contributed by atoms with Gasteiger partial charge in [-0.25, -0.2) is 0 Å². The Morgan fingerprint density at radius 3 is 2.71 bits per heavy atom. The predicted molar refractivity (Wildman–Crippen MR) is 66.9 cm³/mol. The predicted octanol–water partition coefficient (Wildman–Crippen LogP) is 4.78. The van der Waals surface area contributed by atoms with Crippen LogP contribution in [0.25, 0.3) is 0 Å². The monoisotopic (exact) mass is 320 g/mol. The van der Waals surface area contributed by atoms with Crippen molar-refractivity contribution in [2.24, 2.45) is 0 Å². The summed E-state index contributed by atoms with van der Waals surface area (Å²) >= 11 is 6.92. The summed E-state index contributed by atoms with van der Waals surface area (Å²) in [6.45, 7) is 2.98. The smallest absolute Gasteiger partial charge is 0.134 e. The molecule has 0 fully saturated rings. The van der Waals surface area contributed by atoms with Gasteiger partial charge in [0.25, 0.3) is 0 Å². The number of unbranched alkanes of at least 4 members (excludes halogenated alkanes) is 2. The van der Waals surface area contributed by atoms with Crippen LogP contribution in [0.4, 0.5) is 0 Å². The van der Waals surface area contributed by atoms with Gasteiger partial charge in [0.15, 0.2) is 0 Å². The van der Waals surface area contributed by atoms with Gasteiger partial charge in [0.1, 0.15) is 5.75 Å². The molecule has 0 amide bonds. The van der Waals surface area contributed by atoms with Crippen molar-refractivity contribution in [1.82, 2.24) is 0 Å². The standard InChI is InChI=1S/C11H14Br2O/c1-2-3-4-8-14-10-7-5-6-9(12)11(10)13/h5-7H,2-4,8H2,1H3. The van der Waals surface area contributed by atoms with Crippen molar-refractivity contribution >= 4 is 31.9 Å². The minimum Gasteiger partial charge on any atom is -0.492 e. The molecule has 3 heteroatoms. The number of halogens is 2. The van der Waals surface area contributed by atoms with Crippen LogP contribution in [0.15, 0.2) is 27.1 Å². The Labute approximate surface area is 102 Å². The third-order valence-corrected chi connectivity index (χ3v) is 3.93. The summed E-state index contributed by atoms with van der Waals surface area (Å²) in [7, 11) is 0. The fourth-order valence-corrected chi connectivity index (χ4v) is 1.86. The Morgan fingerprint density at radius 1 is 1.21 bits per heavy atom. The molecule has 0 N–H and O–H groups in total. The van der Waals surface area contributed by atoms with Crippen LogP contribution >= 0.6 is 31.9 Å². The molecule has 0 aromatic heterocycles. The molecule has 1 nitrogen and oxygen atoms in total. The Kier molecular flexibility index (Phi) is 5.56. The minimum atomic E-state index is 0.795. The van der Waals surface area contributed by atoms with E-state index in [0.717, 1.165) is 27.7 Å². The highest BCUT2D eigenvalue weighted by molar-refractivity contribution is 9.13. The van der Waals surface area contributed by atoms with Gasteiger partial charge >= 0.3 is 0 Å². The van der Waals surface area contributed by atoms with E-state index in [2.05, 4.69) is 38.8 Å². The molecule has 0 atom stereocenters. The molecule has 0 saturated carbocycles. The van der Waals surface area contributed by atoms with E-state index < -0.39 is 0 Å². The zero-order valence-corrected chi connectivity index (χ0v) is 11.4. The highest BCUT2D eigenvalue weighted by atomic mass is 79.9. The summed E-state index contributed by atoms with van der Waals surface area (Å²) < 4.78 is 7.67. The number of hydrogen-bond donors (Lipinski definition) is 0. The van der Waals surface area contributed by atoms with Gasteiger partial charge in [-0.15, -0.1) is 0 Å². The van der Waals surface area contributed by atoms with E-state index in [-0.39, 0.29) is 0 Å². The van der Waals surface area contributed by atoms with E-state index in [1.165, 1.54) is 12.8 Å². The van der Waals surface area contributed by atoms with Gasteiger partial charge in [-0.3, -0.25) is 0 Å². The van der Waals surface area contributed by atoms with Gasteiger partial charge in [0.05, 0.1) is 11.1 Å². The maximum Gasteiger partial charge on any atom is 0.134 e. The van der Waals surface area contributed by atoms with Crippen molar-refractivity contribution < 1.29 is 4.74 Å². The van der Waals surface area contributed by atoms with Crippen LogP contribution in [-0.2, 0) is 0 Å². The van der Waals surface area contributed by atoms with Gasteiger partial charge in [-0.05, 0) is 50.4 Å². The van der Waals surface area contributed by atoms with Crippen LogP contribution in [0.5, 0.6) is 5.75 Å². The fourth-order valence-electron chi connectivity index (χ4n) is 1.13. The summed E-state index contributed by atoms with van der Waals surface area (Å²) in [4.78, 5) is 0. The zero-order chi connectivity index (χ0) is 10.4. The fraction of sp³-hybridized carbons (Fsp3) is 0.455. The number of ether oxygens (including phenoxy) is 1. The minimum absolute atomic E-state index is 0.795. The number of rotatable bonds is 5. The van der Waals surface area contributed by atoms with E-state index in [4.69, 9.17) is 4.74 Å². The van der Waals surface area contributed by atoms with Crippen molar-refractivity contribution in [2.45, 2.75) is 26.2 Å². The second kappa shape index (κ2) is 6.46. The van der Waals surface area contributed by atoms with E-state index in [9.17, 15) is 0 Å². The summed E-state index contributed by atoms with van der Waals surface area (Å²) in [5.41, 5.74) is 0. The van der Waals surface area contributed by atoms with E-state index in [0.29, 0.717) is 0 Å². The molecule has 0 unspecified atom stereocenters. The van der Waals surface area contributed by atoms with E-state index in [1.807, 2.05) is 18.2 Å². The third kappa shape index (κ3) is 3.62. The molecule has 1 aromatic rings. The first-order valence-electron chi connectivity index (χ1n) is 4.82. The summed E-state index contributed by atoms with van der Waals surface area (Å²) in [5, 5.41) is 0. The Morgan fingerprint density at radius 2 is 2.00 bits per heavy atom. The van der Waals surface area contributed by atoms with E-state index >= 15 is 0 Å². The topological polar surface area (TPSA) is 9.23 Å². The first-order chi connectivity index (χ1) is 6.75.